The first-order chi connectivity index (χ1) is 18.8. The minimum atomic E-state index is -1.36. The Balaban J connectivity index is 1.71. The molecule has 1 aliphatic rings. The lowest BCUT2D eigenvalue weighted by atomic mass is 10.1. The van der Waals surface area contributed by atoms with Crippen molar-refractivity contribution in [1.82, 2.24) is 10.3 Å². The molecule has 204 valence electrons. The Morgan fingerprint density at radius 3 is 2.23 bits per heavy atom. The number of hydrogen-bond acceptors (Lipinski definition) is 5. The average molecular weight is 531 g/mol. The predicted octanol–water partition coefficient (Wildman–Crippen LogP) is 3.94. The minimum absolute atomic E-state index is 0.0219. The molecule has 2 heterocycles. The quantitative estimate of drug-likeness (QED) is 0.212. The molecule has 9 heteroatoms. The molecule has 0 aromatic carbocycles. The maximum Gasteiger partial charge on any atom is 0.326 e. The number of aromatic amines is 1. The van der Waals surface area contributed by atoms with Crippen LogP contribution in [0.25, 0.3) is 6.08 Å². The third kappa shape index (κ3) is 12.2. The molecule has 2 rings (SSSR count). The Hall–Kier alpha value is -4.92. The number of H-pyrrole nitrogens is 1. The molecule has 0 aliphatic carbocycles. The van der Waals surface area contributed by atoms with E-state index in [9.17, 15) is 14.4 Å². The lowest BCUT2D eigenvalue weighted by Crippen LogP contribution is -2.43. The number of hydrogen-bond donors (Lipinski definition) is 4. The number of carboxylic acids is 1. The number of nitrogens with two attached hydrogens (primary N) is 1. The Labute approximate surface area is 228 Å². The highest BCUT2D eigenvalue weighted by atomic mass is 16.5. The standard InChI is InChI=1S/C30H34N4O5/c1-22(29(36)34-26(30(37)38)21-27(31)35)15-12-10-8-6-4-3-5-7-9-11-13-17-25-23(2)39-28(33-25)19-18-24-16-14-20-32-24/h3-20,23,25-26,32H,21H2,1-2H3,(H2,31,35)(H,34,36)(H,37,38). The highest BCUT2D eigenvalue weighted by Gasteiger charge is 2.23. The minimum Gasteiger partial charge on any atom is -0.480 e. The number of carbonyl (C=O) groups is 3. The molecule has 9 nitrogen and oxygen atoms in total. The molecule has 0 saturated carbocycles. The number of primary amides is 1. The number of rotatable bonds is 14. The highest BCUT2D eigenvalue weighted by molar-refractivity contribution is 5.96. The van der Waals surface area contributed by atoms with Crippen molar-refractivity contribution in [3.05, 3.63) is 115 Å². The third-order valence-corrected chi connectivity index (χ3v) is 5.22. The van der Waals surface area contributed by atoms with Crippen LogP contribution in [0, 0.1) is 0 Å². The Kier molecular flexibility index (Phi) is 13.0. The first-order valence-corrected chi connectivity index (χ1v) is 12.3. The zero-order chi connectivity index (χ0) is 28.5. The van der Waals surface area contributed by atoms with Gasteiger partial charge in [0, 0.05) is 23.5 Å². The van der Waals surface area contributed by atoms with Gasteiger partial charge in [-0.1, -0.05) is 79.0 Å². The smallest absolute Gasteiger partial charge is 0.326 e. The number of aliphatic carboxylic acids is 1. The number of carboxylic acid groups (broad SMARTS) is 1. The van der Waals surface area contributed by atoms with Crippen LogP contribution in [0.15, 0.2) is 114 Å². The van der Waals surface area contributed by atoms with E-state index in [0.717, 1.165) is 5.69 Å². The molecular weight excluding hydrogens is 496 g/mol. The number of amides is 2. The first-order valence-electron chi connectivity index (χ1n) is 12.3. The molecule has 1 aromatic rings. The summed E-state index contributed by atoms with van der Waals surface area (Å²) in [6.45, 7) is 3.53. The molecule has 2 amide bonds. The van der Waals surface area contributed by atoms with Gasteiger partial charge in [-0.3, -0.25) is 9.59 Å². The molecule has 1 aromatic heterocycles. The van der Waals surface area contributed by atoms with Crippen LogP contribution in [0.4, 0.5) is 0 Å². The van der Waals surface area contributed by atoms with Crippen LogP contribution < -0.4 is 11.1 Å². The molecule has 0 radical (unpaired) electrons. The second-order valence-electron chi connectivity index (χ2n) is 8.43. The van der Waals surface area contributed by atoms with E-state index in [1.807, 2.05) is 92.1 Å². The lowest BCUT2D eigenvalue weighted by Gasteiger charge is -2.12. The van der Waals surface area contributed by atoms with Crippen molar-refractivity contribution in [2.45, 2.75) is 38.5 Å². The second kappa shape index (κ2) is 16.8. The first kappa shape index (κ1) is 30.3. The van der Waals surface area contributed by atoms with E-state index >= 15 is 0 Å². The van der Waals surface area contributed by atoms with Crippen molar-refractivity contribution < 1.29 is 24.2 Å². The van der Waals surface area contributed by atoms with Crippen LogP contribution in [-0.2, 0) is 19.1 Å². The van der Waals surface area contributed by atoms with Gasteiger partial charge in [-0.05, 0) is 32.1 Å². The Morgan fingerprint density at radius 1 is 1.05 bits per heavy atom. The van der Waals surface area contributed by atoms with Crippen molar-refractivity contribution in [2.24, 2.45) is 10.7 Å². The zero-order valence-electron chi connectivity index (χ0n) is 21.9. The molecule has 0 saturated heterocycles. The van der Waals surface area contributed by atoms with Crippen molar-refractivity contribution >= 4 is 29.8 Å². The number of allylic oxidation sites excluding steroid dienone is 12. The van der Waals surface area contributed by atoms with E-state index in [1.54, 1.807) is 18.2 Å². The van der Waals surface area contributed by atoms with E-state index in [0.29, 0.717) is 11.5 Å². The molecule has 39 heavy (non-hydrogen) atoms. The van der Waals surface area contributed by atoms with Gasteiger partial charge < -0.3 is 25.9 Å². The maximum absolute atomic E-state index is 12.0. The number of aromatic nitrogens is 1. The van der Waals surface area contributed by atoms with Crippen LogP contribution in [0.3, 0.4) is 0 Å². The van der Waals surface area contributed by atoms with E-state index in [1.165, 1.54) is 13.0 Å². The van der Waals surface area contributed by atoms with Crippen LogP contribution >= 0.6 is 0 Å². The molecule has 0 bridgehead atoms. The molecule has 5 N–H and O–H groups in total. The van der Waals surface area contributed by atoms with Crippen LogP contribution in [0.1, 0.15) is 26.0 Å². The summed E-state index contributed by atoms with van der Waals surface area (Å²) in [5.74, 6) is -2.10. The van der Waals surface area contributed by atoms with E-state index in [-0.39, 0.29) is 12.1 Å². The van der Waals surface area contributed by atoms with E-state index in [4.69, 9.17) is 15.6 Å². The largest absolute Gasteiger partial charge is 0.480 e. The number of ether oxygens (including phenoxy) is 1. The van der Waals surface area contributed by atoms with E-state index < -0.39 is 30.2 Å². The van der Waals surface area contributed by atoms with Gasteiger partial charge in [-0.25, -0.2) is 9.79 Å². The molecule has 0 fully saturated rings. The maximum atomic E-state index is 12.0. The van der Waals surface area contributed by atoms with Gasteiger partial charge >= 0.3 is 5.97 Å². The fraction of sp³-hybridized carbons (Fsp3) is 0.200. The summed E-state index contributed by atoms with van der Waals surface area (Å²) in [4.78, 5) is 41.7. The van der Waals surface area contributed by atoms with Gasteiger partial charge in [0.2, 0.25) is 17.7 Å². The monoisotopic (exact) mass is 530 g/mol. The molecule has 3 atom stereocenters. The number of nitrogens with one attached hydrogen (secondary N) is 2. The molecule has 1 aliphatic heterocycles. The van der Waals surface area contributed by atoms with Gasteiger partial charge in [0.05, 0.1) is 6.42 Å². The number of nitrogens with zero attached hydrogens (tertiary/aromatic N) is 1. The Bertz CT molecular complexity index is 1240. The summed E-state index contributed by atoms with van der Waals surface area (Å²) in [7, 11) is 0. The van der Waals surface area contributed by atoms with Gasteiger partial charge in [-0.2, -0.15) is 0 Å². The van der Waals surface area contributed by atoms with Crippen molar-refractivity contribution in [3.63, 3.8) is 0 Å². The van der Waals surface area contributed by atoms with Crippen molar-refractivity contribution in [3.8, 4) is 0 Å². The molecule has 0 spiro atoms. The van der Waals surface area contributed by atoms with Gasteiger partial charge in [0.25, 0.3) is 0 Å². The lowest BCUT2D eigenvalue weighted by molar-refractivity contribution is -0.142. The third-order valence-electron chi connectivity index (χ3n) is 5.22. The summed E-state index contributed by atoms with van der Waals surface area (Å²) in [5, 5.41) is 11.3. The second-order valence-corrected chi connectivity index (χ2v) is 8.43. The summed E-state index contributed by atoms with van der Waals surface area (Å²) in [6, 6.07) is 2.51. The fourth-order valence-electron chi connectivity index (χ4n) is 3.14. The van der Waals surface area contributed by atoms with Gasteiger partial charge in [-0.15, -0.1) is 0 Å². The van der Waals surface area contributed by atoms with E-state index in [2.05, 4.69) is 15.3 Å². The normalized spacial score (nSPS) is 19.3. The molecular formula is C30H34N4O5. The van der Waals surface area contributed by atoms with Gasteiger partial charge in [0.15, 0.2) is 0 Å². The van der Waals surface area contributed by atoms with Crippen LogP contribution in [0.5, 0.6) is 0 Å². The summed E-state index contributed by atoms with van der Waals surface area (Å²) >= 11 is 0. The number of aliphatic imine (C=N–C) groups is 1. The highest BCUT2D eigenvalue weighted by Crippen LogP contribution is 2.16. The predicted molar refractivity (Wildman–Crippen MR) is 154 cm³/mol. The average Bonchev–Trinajstić information content (AvgIpc) is 3.54. The molecule has 3 unspecified atom stereocenters. The van der Waals surface area contributed by atoms with Gasteiger partial charge in [0.1, 0.15) is 18.2 Å². The van der Waals surface area contributed by atoms with Crippen LogP contribution in [-0.4, -0.2) is 52.0 Å². The zero-order valence-corrected chi connectivity index (χ0v) is 21.9. The topological polar surface area (TPSA) is 147 Å². The van der Waals surface area contributed by atoms with Crippen molar-refractivity contribution in [1.29, 1.82) is 0 Å². The SMILES string of the molecule is CC(=CC=CC=CC=CC=CC=CC=CC1N=C(C=Cc2ccc[nH]2)OC1C)C(=O)NC(CC(N)=O)C(=O)O. The Morgan fingerprint density at radius 2 is 1.67 bits per heavy atom. The van der Waals surface area contributed by atoms with Crippen LogP contribution in [0.2, 0.25) is 0 Å². The summed E-state index contributed by atoms with van der Waals surface area (Å²) < 4.78 is 5.77. The van der Waals surface area contributed by atoms with Crippen molar-refractivity contribution in [2.75, 3.05) is 0 Å². The summed E-state index contributed by atoms with van der Waals surface area (Å²) in [5.41, 5.74) is 6.29. The summed E-state index contributed by atoms with van der Waals surface area (Å²) in [6.07, 6.45) is 29.0. The number of carbonyl (C=O) groups excluding carboxylic acids is 2. The fourth-order valence-corrected chi connectivity index (χ4v) is 3.14.